The summed E-state index contributed by atoms with van der Waals surface area (Å²) in [7, 11) is 0. The van der Waals surface area contributed by atoms with E-state index < -0.39 is 30.0 Å². The van der Waals surface area contributed by atoms with E-state index in [2.05, 4.69) is 0 Å². The molecule has 0 radical (unpaired) electrons. The van der Waals surface area contributed by atoms with Crippen molar-refractivity contribution in [1.82, 2.24) is 4.90 Å². The highest BCUT2D eigenvalue weighted by molar-refractivity contribution is 5.70. The van der Waals surface area contributed by atoms with Crippen LogP contribution >= 0.6 is 0 Å². The molecule has 0 N–H and O–H groups in total. The van der Waals surface area contributed by atoms with Gasteiger partial charge in [0.05, 0.1) is 0 Å². The van der Waals surface area contributed by atoms with E-state index in [9.17, 15) is 18.4 Å². The van der Waals surface area contributed by atoms with Crippen molar-refractivity contribution in [3.63, 3.8) is 0 Å². The maximum absolute atomic E-state index is 12.6. The Morgan fingerprint density at radius 2 is 2.00 bits per heavy atom. The smallest absolute Gasteiger partial charge is 0.410 e. The highest BCUT2D eigenvalue weighted by Crippen LogP contribution is 2.28. The molecule has 6 heteroatoms. The van der Waals surface area contributed by atoms with Crippen molar-refractivity contribution >= 4 is 12.4 Å². The molecule has 0 spiro atoms. The lowest BCUT2D eigenvalue weighted by atomic mass is 9.98. The van der Waals surface area contributed by atoms with E-state index in [-0.39, 0.29) is 13.1 Å². The van der Waals surface area contributed by atoms with Crippen molar-refractivity contribution in [2.24, 2.45) is 11.8 Å². The normalized spacial score (nSPS) is 25.2. The van der Waals surface area contributed by atoms with Gasteiger partial charge >= 0.3 is 6.09 Å². The molecule has 1 aliphatic heterocycles. The molecule has 0 unspecified atom stereocenters. The zero-order chi connectivity index (χ0) is 13.2. The predicted octanol–water partition coefficient (Wildman–Crippen LogP) is 1.93. The van der Waals surface area contributed by atoms with Crippen LogP contribution in [-0.4, -0.2) is 42.4 Å². The number of halogens is 2. The van der Waals surface area contributed by atoms with E-state index in [1.807, 2.05) is 0 Å². The number of alkyl halides is 2. The molecule has 1 heterocycles. The van der Waals surface area contributed by atoms with Gasteiger partial charge < -0.3 is 14.4 Å². The van der Waals surface area contributed by atoms with Gasteiger partial charge in [-0.15, -0.1) is 0 Å². The summed E-state index contributed by atoms with van der Waals surface area (Å²) in [5.74, 6) is -1.89. The fraction of sp³-hybridized carbons (Fsp3) is 0.818. The zero-order valence-corrected chi connectivity index (χ0v) is 10.2. The number of hydrogen-bond donors (Lipinski definition) is 0. The molecule has 1 saturated heterocycles. The predicted molar refractivity (Wildman–Crippen MR) is 56.9 cm³/mol. The summed E-state index contributed by atoms with van der Waals surface area (Å²) in [5, 5.41) is 0. The van der Waals surface area contributed by atoms with E-state index in [0.717, 1.165) is 0 Å². The number of carbonyl (C=O) groups excluding carboxylic acids is 2. The molecule has 1 aliphatic rings. The first-order valence-corrected chi connectivity index (χ1v) is 5.46. The van der Waals surface area contributed by atoms with Crippen molar-refractivity contribution in [1.29, 1.82) is 0 Å². The summed E-state index contributed by atoms with van der Waals surface area (Å²) in [5.41, 5.74) is -0.670. The Morgan fingerprint density at radius 3 is 2.35 bits per heavy atom. The van der Waals surface area contributed by atoms with Crippen LogP contribution in [0.5, 0.6) is 0 Å². The van der Waals surface area contributed by atoms with Gasteiger partial charge in [-0.1, -0.05) is 0 Å². The molecule has 98 valence electrons. The van der Waals surface area contributed by atoms with E-state index in [4.69, 9.17) is 4.74 Å². The molecule has 1 amide bonds. The molecule has 4 nitrogen and oxygen atoms in total. The van der Waals surface area contributed by atoms with E-state index >= 15 is 0 Å². The lowest BCUT2D eigenvalue weighted by Gasteiger charge is -2.24. The van der Waals surface area contributed by atoms with Crippen LogP contribution in [0.25, 0.3) is 0 Å². The first-order chi connectivity index (χ1) is 7.74. The van der Waals surface area contributed by atoms with Crippen LogP contribution in [-0.2, 0) is 9.53 Å². The number of amides is 1. The topological polar surface area (TPSA) is 46.6 Å². The molecule has 0 aliphatic carbocycles. The number of rotatable bonds is 2. The summed E-state index contributed by atoms with van der Waals surface area (Å²) in [6.07, 6.45) is -2.76. The van der Waals surface area contributed by atoms with E-state index in [1.165, 1.54) is 4.90 Å². The van der Waals surface area contributed by atoms with Crippen molar-refractivity contribution in [2.75, 3.05) is 13.1 Å². The maximum Gasteiger partial charge on any atom is 0.410 e. The molecule has 17 heavy (non-hydrogen) atoms. The number of nitrogens with zero attached hydrogens (tertiary/aromatic N) is 1. The minimum atomic E-state index is -2.60. The average Bonchev–Trinajstić information content (AvgIpc) is 2.58. The van der Waals surface area contributed by atoms with Crippen LogP contribution in [0.3, 0.4) is 0 Å². The third-order valence-corrected chi connectivity index (χ3v) is 2.56. The second kappa shape index (κ2) is 4.98. The van der Waals surface area contributed by atoms with Crippen LogP contribution in [0.4, 0.5) is 13.6 Å². The minimum absolute atomic E-state index is 0.00736. The summed E-state index contributed by atoms with van der Waals surface area (Å²) in [6, 6.07) is 0. The third-order valence-electron chi connectivity index (χ3n) is 2.56. The summed E-state index contributed by atoms with van der Waals surface area (Å²) >= 11 is 0. The Bertz CT molecular complexity index is 302. The molecule has 1 rings (SSSR count). The molecule has 1 fully saturated rings. The molecule has 0 saturated carbocycles. The molecule has 0 aromatic carbocycles. The Balaban J connectivity index is 2.64. The van der Waals surface area contributed by atoms with Crippen LogP contribution in [0.2, 0.25) is 0 Å². The van der Waals surface area contributed by atoms with Crippen molar-refractivity contribution in [3.05, 3.63) is 0 Å². The van der Waals surface area contributed by atoms with Crippen LogP contribution < -0.4 is 0 Å². The van der Waals surface area contributed by atoms with E-state index in [1.54, 1.807) is 20.8 Å². The second-order valence-electron chi connectivity index (χ2n) is 5.18. The van der Waals surface area contributed by atoms with Gasteiger partial charge in [0.1, 0.15) is 11.9 Å². The van der Waals surface area contributed by atoms with Crippen molar-refractivity contribution in [2.45, 2.75) is 32.8 Å². The van der Waals surface area contributed by atoms with Gasteiger partial charge in [0, 0.05) is 24.9 Å². The van der Waals surface area contributed by atoms with Gasteiger partial charge in [-0.25, -0.2) is 13.6 Å². The lowest BCUT2D eigenvalue weighted by Crippen LogP contribution is -2.35. The number of hydrogen-bond acceptors (Lipinski definition) is 3. The monoisotopic (exact) mass is 249 g/mol. The van der Waals surface area contributed by atoms with Gasteiger partial charge in [-0.05, 0) is 20.8 Å². The van der Waals surface area contributed by atoms with Crippen molar-refractivity contribution < 1.29 is 23.1 Å². The standard InChI is InChI=1S/C11H17F2NO3/c1-11(2,3)17-10(16)14-4-7(6-15)8(5-14)9(12)13/h6-9H,4-5H2,1-3H3/t7-,8+/m0/s1. The SMILES string of the molecule is CC(C)(C)OC(=O)N1C[C@@H](C=O)[C@H](C(F)F)C1. The van der Waals surface area contributed by atoms with Gasteiger partial charge in [0.15, 0.2) is 0 Å². The molecule has 0 aromatic heterocycles. The molecule has 0 bridgehead atoms. The number of carbonyl (C=O) groups is 2. The van der Waals surface area contributed by atoms with Gasteiger partial charge in [-0.2, -0.15) is 0 Å². The number of likely N-dealkylation sites (tertiary alicyclic amines) is 1. The fourth-order valence-electron chi connectivity index (χ4n) is 1.74. The fourth-order valence-corrected chi connectivity index (χ4v) is 1.74. The Morgan fingerprint density at radius 1 is 1.41 bits per heavy atom. The first-order valence-electron chi connectivity index (χ1n) is 5.46. The van der Waals surface area contributed by atoms with Crippen LogP contribution in [0.1, 0.15) is 20.8 Å². The van der Waals surface area contributed by atoms with Gasteiger partial charge in [0.2, 0.25) is 6.43 Å². The quantitative estimate of drug-likeness (QED) is 0.702. The largest absolute Gasteiger partial charge is 0.444 e. The average molecular weight is 249 g/mol. The Hall–Kier alpha value is -1.20. The third kappa shape index (κ3) is 3.64. The molecule has 2 atom stereocenters. The van der Waals surface area contributed by atoms with Gasteiger partial charge in [0.25, 0.3) is 0 Å². The zero-order valence-electron chi connectivity index (χ0n) is 10.2. The van der Waals surface area contributed by atoms with Crippen LogP contribution in [0, 0.1) is 11.8 Å². The minimum Gasteiger partial charge on any atom is -0.444 e. The summed E-state index contributed by atoms with van der Waals surface area (Å²) < 4.78 is 30.3. The molecular weight excluding hydrogens is 232 g/mol. The second-order valence-corrected chi connectivity index (χ2v) is 5.18. The summed E-state index contributed by atoms with van der Waals surface area (Å²) in [4.78, 5) is 23.5. The highest BCUT2D eigenvalue weighted by atomic mass is 19.3. The highest BCUT2D eigenvalue weighted by Gasteiger charge is 2.41. The molecule has 0 aromatic rings. The van der Waals surface area contributed by atoms with Crippen molar-refractivity contribution in [3.8, 4) is 0 Å². The lowest BCUT2D eigenvalue weighted by molar-refractivity contribution is -0.113. The van der Waals surface area contributed by atoms with Gasteiger partial charge in [-0.3, -0.25) is 0 Å². The maximum atomic E-state index is 12.6. The number of aldehydes is 1. The Kier molecular flexibility index (Phi) is 4.06. The number of ether oxygens (including phenoxy) is 1. The van der Waals surface area contributed by atoms with Crippen LogP contribution in [0.15, 0.2) is 0 Å². The van der Waals surface area contributed by atoms with E-state index in [0.29, 0.717) is 6.29 Å². The first kappa shape index (κ1) is 13.9. The molecular formula is C11H17F2NO3. The Labute approximate surface area is 98.9 Å². The summed E-state index contributed by atoms with van der Waals surface area (Å²) in [6.45, 7) is 4.97.